The van der Waals surface area contributed by atoms with Crippen LogP contribution in [-0.2, 0) is 18.8 Å². The van der Waals surface area contributed by atoms with Crippen molar-refractivity contribution in [2.75, 3.05) is 11.9 Å². The number of fused-ring (bicyclic) bond motifs is 1. The van der Waals surface area contributed by atoms with E-state index in [1.54, 1.807) is 27.1 Å². The summed E-state index contributed by atoms with van der Waals surface area (Å²) in [6.45, 7) is 1.82. The maximum absolute atomic E-state index is 14.4. The van der Waals surface area contributed by atoms with Crippen LogP contribution in [0, 0.1) is 5.82 Å². The Bertz CT molecular complexity index is 976. The Morgan fingerprint density at radius 2 is 2.08 bits per heavy atom. The molecule has 1 N–H and O–H groups in total. The van der Waals surface area contributed by atoms with Crippen molar-refractivity contribution in [3.05, 3.63) is 41.6 Å². The maximum Gasteiger partial charge on any atom is 0.357 e. The van der Waals surface area contributed by atoms with Crippen LogP contribution in [0.25, 0.3) is 10.9 Å². The number of ether oxygens (including phenoxy) is 1. The molecule has 0 saturated carbocycles. The van der Waals surface area contributed by atoms with E-state index < -0.39 is 17.7 Å². The maximum atomic E-state index is 14.4. The third kappa shape index (κ3) is 2.73. The molecule has 0 unspecified atom stereocenters. The number of amides is 1. The van der Waals surface area contributed by atoms with E-state index in [0.29, 0.717) is 5.52 Å². The lowest BCUT2D eigenvalue weighted by molar-refractivity contribution is 0.0517. The van der Waals surface area contributed by atoms with Crippen LogP contribution in [0.2, 0.25) is 0 Å². The molecule has 0 spiro atoms. The van der Waals surface area contributed by atoms with Crippen molar-refractivity contribution >= 4 is 28.5 Å². The predicted molar refractivity (Wildman–Crippen MR) is 87.8 cm³/mol. The normalized spacial score (nSPS) is 10.9. The van der Waals surface area contributed by atoms with Gasteiger partial charge in [0.2, 0.25) is 0 Å². The molecule has 0 fully saturated rings. The van der Waals surface area contributed by atoms with Crippen molar-refractivity contribution in [3.8, 4) is 0 Å². The summed E-state index contributed by atoms with van der Waals surface area (Å²) in [7, 11) is 3.16. The second-order valence-corrected chi connectivity index (χ2v) is 5.33. The van der Waals surface area contributed by atoms with Crippen LogP contribution >= 0.6 is 0 Å². The summed E-state index contributed by atoms with van der Waals surface area (Å²) >= 11 is 0. The molecule has 130 valence electrons. The van der Waals surface area contributed by atoms with Gasteiger partial charge in [-0.1, -0.05) is 11.3 Å². The number of aromatic nitrogens is 4. The highest BCUT2D eigenvalue weighted by molar-refractivity contribution is 6.14. The molecule has 0 saturated heterocycles. The average Bonchev–Trinajstić information content (AvgIpc) is 3.11. The van der Waals surface area contributed by atoms with Crippen molar-refractivity contribution in [1.82, 2.24) is 19.6 Å². The number of anilines is 1. The number of halogens is 1. The van der Waals surface area contributed by atoms with Gasteiger partial charge in [-0.2, -0.15) is 0 Å². The molecule has 3 rings (SSSR count). The van der Waals surface area contributed by atoms with Crippen molar-refractivity contribution < 1.29 is 18.7 Å². The smallest absolute Gasteiger partial charge is 0.357 e. The lowest BCUT2D eigenvalue weighted by Gasteiger charge is -2.08. The monoisotopic (exact) mass is 345 g/mol. The highest BCUT2D eigenvalue weighted by Crippen LogP contribution is 2.33. The Kier molecular flexibility index (Phi) is 4.22. The molecule has 0 radical (unpaired) electrons. The predicted octanol–water partition coefficient (Wildman–Crippen LogP) is 1.87. The molecule has 2 heterocycles. The Balaban J connectivity index is 2.18. The number of carbonyl (C=O) groups is 2. The Hall–Kier alpha value is -3.23. The zero-order valence-corrected chi connectivity index (χ0v) is 13.9. The number of carbonyl (C=O) groups excluding carboxylic acids is 2. The molecule has 1 aromatic carbocycles. The van der Waals surface area contributed by atoms with Gasteiger partial charge in [-0.25, -0.2) is 13.9 Å². The Morgan fingerprint density at radius 3 is 2.72 bits per heavy atom. The first kappa shape index (κ1) is 16.6. The van der Waals surface area contributed by atoms with E-state index >= 15 is 0 Å². The van der Waals surface area contributed by atoms with Gasteiger partial charge in [0.1, 0.15) is 11.5 Å². The van der Waals surface area contributed by atoms with E-state index in [2.05, 4.69) is 15.6 Å². The molecule has 1 amide bonds. The lowest BCUT2D eigenvalue weighted by Crippen LogP contribution is -2.19. The molecule has 2 aromatic heterocycles. The zero-order chi connectivity index (χ0) is 18.1. The van der Waals surface area contributed by atoms with Crippen LogP contribution in [0.4, 0.5) is 10.1 Å². The minimum Gasteiger partial charge on any atom is -0.461 e. The fourth-order valence-electron chi connectivity index (χ4n) is 2.68. The van der Waals surface area contributed by atoms with Gasteiger partial charge < -0.3 is 14.6 Å². The van der Waals surface area contributed by atoms with Crippen LogP contribution in [-0.4, -0.2) is 38.0 Å². The molecule has 0 aliphatic heterocycles. The Morgan fingerprint density at radius 1 is 1.32 bits per heavy atom. The van der Waals surface area contributed by atoms with E-state index in [1.807, 2.05) is 0 Å². The molecule has 0 aliphatic carbocycles. The average molecular weight is 345 g/mol. The van der Waals surface area contributed by atoms with E-state index in [-0.39, 0.29) is 29.1 Å². The van der Waals surface area contributed by atoms with Gasteiger partial charge in [-0.15, -0.1) is 5.10 Å². The van der Waals surface area contributed by atoms with Gasteiger partial charge in [0.05, 0.1) is 29.4 Å². The van der Waals surface area contributed by atoms with Crippen LogP contribution in [0.3, 0.4) is 0 Å². The second-order valence-electron chi connectivity index (χ2n) is 5.33. The highest BCUT2D eigenvalue weighted by atomic mass is 19.1. The number of nitrogens with one attached hydrogen (secondary N) is 1. The SMILES string of the molecule is CCOC(=O)c1c(NC(=O)c2cnnn2C)c2c(F)cccc2n1C. The van der Waals surface area contributed by atoms with Crippen LogP contribution in [0.5, 0.6) is 0 Å². The summed E-state index contributed by atoms with van der Waals surface area (Å²) < 4.78 is 22.2. The van der Waals surface area contributed by atoms with Gasteiger partial charge in [-0.3, -0.25) is 4.79 Å². The van der Waals surface area contributed by atoms with Crippen molar-refractivity contribution in [3.63, 3.8) is 0 Å². The minimum atomic E-state index is -0.654. The number of hydrogen-bond acceptors (Lipinski definition) is 5. The molecule has 9 heteroatoms. The van der Waals surface area contributed by atoms with Crippen LogP contribution in [0.1, 0.15) is 27.9 Å². The molecule has 0 aliphatic rings. The number of nitrogens with zero attached hydrogens (tertiary/aromatic N) is 4. The first-order valence-corrected chi connectivity index (χ1v) is 7.55. The molecule has 0 atom stereocenters. The summed E-state index contributed by atoms with van der Waals surface area (Å²) in [5, 5.41) is 10.1. The van der Waals surface area contributed by atoms with E-state index in [9.17, 15) is 14.0 Å². The van der Waals surface area contributed by atoms with Crippen molar-refractivity contribution in [2.45, 2.75) is 6.92 Å². The number of aryl methyl sites for hydroxylation is 2. The summed E-state index contributed by atoms with van der Waals surface area (Å²) in [5.74, 6) is -1.77. The number of benzene rings is 1. The van der Waals surface area contributed by atoms with Crippen molar-refractivity contribution in [1.29, 1.82) is 0 Å². The third-order valence-electron chi connectivity index (χ3n) is 3.83. The summed E-state index contributed by atoms with van der Waals surface area (Å²) in [4.78, 5) is 24.9. The highest BCUT2D eigenvalue weighted by Gasteiger charge is 2.26. The van der Waals surface area contributed by atoms with Crippen LogP contribution < -0.4 is 5.32 Å². The van der Waals surface area contributed by atoms with E-state index in [4.69, 9.17) is 4.74 Å². The second kappa shape index (κ2) is 6.34. The molecule has 3 aromatic rings. The standard InChI is InChI=1S/C16H16FN5O3/c1-4-25-16(24)14-13(19-15(23)11-8-18-20-22(11)3)12-9(17)6-5-7-10(12)21(14)2/h5-8H,4H2,1-3H3,(H,19,23). The summed E-state index contributed by atoms with van der Waals surface area (Å²) in [6, 6.07) is 4.45. The first-order chi connectivity index (χ1) is 12.0. The number of rotatable bonds is 4. The number of esters is 1. The first-order valence-electron chi connectivity index (χ1n) is 7.55. The molecule has 25 heavy (non-hydrogen) atoms. The molecular formula is C16H16FN5O3. The number of hydrogen-bond donors (Lipinski definition) is 1. The summed E-state index contributed by atoms with van der Waals surface area (Å²) in [5.41, 5.74) is 0.746. The van der Waals surface area contributed by atoms with Gasteiger partial charge in [0, 0.05) is 14.1 Å². The quantitative estimate of drug-likeness (QED) is 0.729. The summed E-state index contributed by atoms with van der Waals surface area (Å²) in [6.07, 6.45) is 1.28. The zero-order valence-electron chi connectivity index (χ0n) is 13.9. The molecular weight excluding hydrogens is 329 g/mol. The minimum absolute atomic E-state index is 0.0558. The third-order valence-corrected chi connectivity index (χ3v) is 3.83. The van der Waals surface area contributed by atoms with Gasteiger partial charge in [0.15, 0.2) is 5.69 Å². The Labute approximate surface area is 142 Å². The fourth-order valence-corrected chi connectivity index (χ4v) is 2.68. The van der Waals surface area contributed by atoms with Gasteiger partial charge in [0.25, 0.3) is 5.91 Å². The molecule has 0 bridgehead atoms. The largest absolute Gasteiger partial charge is 0.461 e. The van der Waals surface area contributed by atoms with Crippen LogP contribution in [0.15, 0.2) is 24.4 Å². The van der Waals surface area contributed by atoms with Crippen molar-refractivity contribution in [2.24, 2.45) is 14.1 Å². The van der Waals surface area contributed by atoms with Gasteiger partial charge >= 0.3 is 5.97 Å². The fraction of sp³-hybridized carbons (Fsp3) is 0.250. The van der Waals surface area contributed by atoms with E-state index in [1.165, 1.54) is 27.6 Å². The topological polar surface area (TPSA) is 91.0 Å². The molecule has 8 nitrogen and oxygen atoms in total. The van der Waals surface area contributed by atoms with E-state index in [0.717, 1.165) is 0 Å². The van der Waals surface area contributed by atoms with Gasteiger partial charge in [-0.05, 0) is 19.1 Å². The lowest BCUT2D eigenvalue weighted by atomic mass is 10.2.